The molecule has 0 aromatic carbocycles. The van der Waals surface area contributed by atoms with Crippen LogP contribution in [0.2, 0.25) is 5.15 Å². The van der Waals surface area contributed by atoms with Crippen molar-refractivity contribution in [3.05, 3.63) is 29.7 Å². The molecule has 3 rings (SSSR count). The van der Waals surface area contributed by atoms with Crippen molar-refractivity contribution in [1.29, 1.82) is 0 Å². The van der Waals surface area contributed by atoms with Crippen LogP contribution in [0.3, 0.4) is 0 Å². The maximum Gasteiger partial charge on any atom is 0.410 e. The SMILES string of the molecule is C[C@@H]1CN(C(=O)OC(C)(C)C)CCCN1c1nccc2cnc(Cl)cc12. The van der Waals surface area contributed by atoms with Gasteiger partial charge < -0.3 is 14.5 Å². The van der Waals surface area contributed by atoms with Crippen molar-refractivity contribution in [3.8, 4) is 0 Å². The molecule has 140 valence electrons. The second-order valence-electron chi connectivity index (χ2n) is 7.69. The number of ether oxygens (including phenoxy) is 1. The zero-order valence-electron chi connectivity index (χ0n) is 15.7. The fourth-order valence-corrected chi connectivity index (χ4v) is 3.38. The largest absolute Gasteiger partial charge is 0.444 e. The number of anilines is 1. The molecule has 0 aliphatic carbocycles. The molecule has 0 spiro atoms. The number of amides is 1. The Morgan fingerprint density at radius 2 is 2.08 bits per heavy atom. The quantitative estimate of drug-likeness (QED) is 0.701. The third-order valence-electron chi connectivity index (χ3n) is 4.36. The van der Waals surface area contributed by atoms with Crippen molar-refractivity contribution in [2.45, 2.75) is 45.8 Å². The minimum atomic E-state index is -0.493. The first-order chi connectivity index (χ1) is 12.2. The van der Waals surface area contributed by atoms with E-state index >= 15 is 0 Å². The number of aromatic nitrogens is 2. The molecule has 0 bridgehead atoms. The molecule has 0 saturated carbocycles. The summed E-state index contributed by atoms with van der Waals surface area (Å²) in [5, 5.41) is 2.43. The Morgan fingerprint density at radius 3 is 2.81 bits per heavy atom. The van der Waals surface area contributed by atoms with E-state index in [2.05, 4.69) is 21.8 Å². The molecule has 1 amide bonds. The molecule has 7 heteroatoms. The lowest BCUT2D eigenvalue weighted by molar-refractivity contribution is 0.0252. The molecule has 1 atom stereocenters. The van der Waals surface area contributed by atoms with Crippen molar-refractivity contribution in [3.63, 3.8) is 0 Å². The Balaban J connectivity index is 1.85. The van der Waals surface area contributed by atoms with Crippen LogP contribution in [0.4, 0.5) is 10.6 Å². The van der Waals surface area contributed by atoms with Crippen LogP contribution < -0.4 is 4.90 Å². The van der Waals surface area contributed by atoms with Crippen LogP contribution in [0.1, 0.15) is 34.1 Å². The summed E-state index contributed by atoms with van der Waals surface area (Å²) in [7, 11) is 0. The van der Waals surface area contributed by atoms with Gasteiger partial charge in [0.1, 0.15) is 16.6 Å². The number of carbonyl (C=O) groups is 1. The van der Waals surface area contributed by atoms with Crippen LogP contribution >= 0.6 is 11.6 Å². The van der Waals surface area contributed by atoms with Gasteiger partial charge in [-0.25, -0.2) is 14.8 Å². The zero-order valence-corrected chi connectivity index (χ0v) is 16.5. The van der Waals surface area contributed by atoms with E-state index < -0.39 is 5.60 Å². The lowest BCUT2D eigenvalue weighted by Gasteiger charge is -2.31. The van der Waals surface area contributed by atoms with Gasteiger partial charge in [0, 0.05) is 48.8 Å². The number of hydrogen-bond donors (Lipinski definition) is 0. The summed E-state index contributed by atoms with van der Waals surface area (Å²) in [6, 6.07) is 3.88. The Hall–Kier alpha value is -2.08. The molecule has 0 radical (unpaired) electrons. The minimum Gasteiger partial charge on any atom is -0.444 e. The average Bonchev–Trinajstić information content (AvgIpc) is 2.74. The molecule has 3 heterocycles. The second kappa shape index (κ2) is 7.27. The number of hydrogen-bond acceptors (Lipinski definition) is 5. The number of fused-ring (bicyclic) bond motifs is 1. The fraction of sp³-hybridized carbons (Fsp3) is 0.526. The second-order valence-corrected chi connectivity index (χ2v) is 8.07. The topological polar surface area (TPSA) is 58.6 Å². The highest BCUT2D eigenvalue weighted by atomic mass is 35.5. The van der Waals surface area contributed by atoms with Crippen LogP contribution in [-0.4, -0.2) is 52.2 Å². The van der Waals surface area contributed by atoms with Gasteiger partial charge in [0.25, 0.3) is 0 Å². The zero-order chi connectivity index (χ0) is 18.9. The Bertz CT molecular complexity index is 806. The molecular weight excluding hydrogens is 352 g/mol. The van der Waals surface area contributed by atoms with Gasteiger partial charge in [-0.2, -0.15) is 0 Å². The monoisotopic (exact) mass is 376 g/mol. The highest BCUT2D eigenvalue weighted by Gasteiger charge is 2.29. The maximum atomic E-state index is 12.5. The van der Waals surface area contributed by atoms with E-state index in [-0.39, 0.29) is 12.1 Å². The molecule has 6 nitrogen and oxygen atoms in total. The first-order valence-corrected chi connectivity index (χ1v) is 9.27. The smallest absolute Gasteiger partial charge is 0.410 e. The molecule has 2 aromatic heterocycles. The summed E-state index contributed by atoms with van der Waals surface area (Å²) in [6.07, 6.45) is 4.14. The van der Waals surface area contributed by atoms with Gasteiger partial charge in [-0.1, -0.05) is 11.6 Å². The first-order valence-electron chi connectivity index (χ1n) is 8.89. The summed E-state index contributed by atoms with van der Waals surface area (Å²) in [5.41, 5.74) is -0.493. The lowest BCUT2D eigenvalue weighted by Crippen LogP contribution is -2.43. The number of pyridine rings is 2. The predicted octanol–water partition coefficient (Wildman–Crippen LogP) is 4.12. The summed E-state index contributed by atoms with van der Waals surface area (Å²) in [5.74, 6) is 0.880. The average molecular weight is 377 g/mol. The molecular formula is C19H25ClN4O2. The molecule has 2 aromatic rings. The number of rotatable bonds is 1. The minimum absolute atomic E-state index is 0.107. The van der Waals surface area contributed by atoms with Crippen LogP contribution in [-0.2, 0) is 4.74 Å². The van der Waals surface area contributed by atoms with E-state index in [1.807, 2.05) is 32.9 Å². The summed E-state index contributed by atoms with van der Waals surface area (Å²) < 4.78 is 5.54. The molecule has 0 N–H and O–H groups in total. The van der Waals surface area contributed by atoms with Crippen molar-refractivity contribution >= 4 is 34.3 Å². The molecule has 26 heavy (non-hydrogen) atoms. The number of halogens is 1. The van der Waals surface area contributed by atoms with Crippen LogP contribution in [0, 0.1) is 0 Å². The third kappa shape index (κ3) is 4.18. The van der Waals surface area contributed by atoms with E-state index in [4.69, 9.17) is 16.3 Å². The molecule has 1 fully saturated rings. The lowest BCUT2D eigenvalue weighted by atomic mass is 10.2. The van der Waals surface area contributed by atoms with Gasteiger partial charge >= 0.3 is 6.09 Å². The number of nitrogens with zero attached hydrogens (tertiary/aromatic N) is 4. The highest BCUT2D eigenvalue weighted by Crippen LogP contribution is 2.28. The van der Waals surface area contributed by atoms with Crippen LogP contribution in [0.15, 0.2) is 24.5 Å². The number of carbonyl (C=O) groups excluding carboxylic acids is 1. The fourth-order valence-electron chi connectivity index (χ4n) is 3.22. The predicted molar refractivity (Wildman–Crippen MR) is 104 cm³/mol. The van der Waals surface area contributed by atoms with Gasteiger partial charge in [-0.05, 0) is 46.2 Å². The van der Waals surface area contributed by atoms with Crippen molar-refractivity contribution in [2.24, 2.45) is 0 Å². The van der Waals surface area contributed by atoms with Gasteiger partial charge in [0.05, 0.1) is 0 Å². The van der Waals surface area contributed by atoms with Gasteiger partial charge in [0.2, 0.25) is 0 Å². The van der Waals surface area contributed by atoms with E-state index in [1.54, 1.807) is 17.3 Å². The summed E-state index contributed by atoms with van der Waals surface area (Å²) in [4.78, 5) is 25.2. The van der Waals surface area contributed by atoms with Gasteiger partial charge in [0.15, 0.2) is 0 Å². The Morgan fingerprint density at radius 1 is 1.31 bits per heavy atom. The molecule has 1 aliphatic heterocycles. The molecule has 1 aliphatic rings. The summed E-state index contributed by atoms with van der Waals surface area (Å²) >= 11 is 6.10. The van der Waals surface area contributed by atoms with Gasteiger partial charge in [-0.3, -0.25) is 0 Å². The standard InChI is InChI=1S/C19H25ClN4O2/c1-13-12-23(18(25)26-19(2,3)4)8-5-9-24(13)17-15-10-16(20)22-11-14(15)6-7-21-17/h6-7,10-11,13H,5,8-9,12H2,1-4H3/t13-/m1/s1. The van der Waals surface area contributed by atoms with Crippen LogP contribution in [0.25, 0.3) is 10.8 Å². The van der Waals surface area contributed by atoms with Crippen molar-refractivity contribution < 1.29 is 9.53 Å². The van der Waals surface area contributed by atoms with E-state index in [1.165, 1.54) is 0 Å². The van der Waals surface area contributed by atoms with E-state index in [0.29, 0.717) is 18.2 Å². The Kier molecular flexibility index (Phi) is 5.23. The molecule has 0 unspecified atom stereocenters. The molecule has 1 saturated heterocycles. The maximum absolute atomic E-state index is 12.5. The van der Waals surface area contributed by atoms with Crippen molar-refractivity contribution in [1.82, 2.24) is 14.9 Å². The highest BCUT2D eigenvalue weighted by molar-refractivity contribution is 6.30. The Labute approximate surface area is 159 Å². The van der Waals surface area contributed by atoms with Gasteiger partial charge in [-0.15, -0.1) is 0 Å². The third-order valence-corrected chi connectivity index (χ3v) is 4.57. The first kappa shape index (κ1) is 18.7. The van der Waals surface area contributed by atoms with Crippen molar-refractivity contribution in [2.75, 3.05) is 24.5 Å². The summed E-state index contributed by atoms with van der Waals surface area (Å²) in [6.45, 7) is 9.83. The van der Waals surface area contributed by atoms with E-state index in [9.17, 15) is 4.79 Å². The normalized spacial score (nSPS) is 18.7. The van der Waals surface area contributed by atoms with Crippen LogP contribution in [0.5, 0.6) is 0 Å². The van der Waals surface area contributed by atoms with E-state index in [0.717, 1.165) is 29.6 Å².